The van der Waals surface area contributed by atoms with Gasteiger partial charge in [-0.15, -0.1) is 12.4 Å². The second-order valence-corrected chi connectivity index (χ2v) is 4.60. The van der Waals surface area contributed by atoms with E-state index in [1.54, 1.807) is 0 Å². The molecular weight excluding hydrogens is 273 g/mol. The van der Waals surface area contributed by atoms with Gasteiger partial charge in [0, 0.05) is 24.5 Å². The quantitative estimate of drug-likeness (QED) is 0.851. The minimum absolute atomic E-state index is 0. The highest BCUT2D eigenvalue weighted by Gasteiger charge is 2.14. The Morgan fingerprint density at radius 1 is 1.28 bits per heavy atom. The summed E-state index contributed by atoms with van der Waals surface area (Å²) >= 11 is 6.03. The van der Waals surface area contributed by atoms with Crippen LogP contribution in [0.5, 0.6) is 0 Å². The SMILES string of the molecule is Cl.O=C(Cc1ccccc1Cl)CN1CCOCC1. The van der Waals surface area contributed by atoms with Gasteiger partial charge in [-0.2, -0.15) is 0 Å². The molecule has 3 nitrogen and oxygen atoms in total. The van der Waals surface area contributed by atoms with Crippen LogP contribution in [0, 0.1) is 0 Å². The molecule has 0 aromatic heterocycles. The summed E-state index contributed by atoms with van der Waals surface area (Å²) in [6, 6.07) is 7.50. The van der Waals surface area contributed by atoms with E-state index >= 15 is 0 Å². The van der Waals surface area contributed by atoms with Gasteiger partial charge in [-0.05, 0) is 11.6 Å². The smallest absolute Gasteiger partial charge is 0.151 e. The molecule has 1 aliphatic heterocycles. The zero-order valence-electron chi connectivity index (χ0n) is 10.1. The molecule has 0 atom stereocenters. The zero-order valence-corrected chi connectivity index (χ0v) is 11.7. The van der Waals surface area contributed by atoms with E-state index in [0.29, 0.717) is 18.0 Å². The number of morpholine rings is 1. The second-order valence-electron chi connectivity index (χ2n) is 4.20. The Bertz CT molecular complexity index is 392. The Balaban J connectivity index is 0.00000162. The van der Waals surface area contributed by atoms with E-state index in [1.165, 1.54) is 0 Å². The summed E-state index contributed by atoms with van der Waals surface area (Å²) in [4.78, 5) is 14.0. The van der Waals surface area contributed by atoms with Crippen LogP contribution < -0.4 is 0 Å². The van der Waals surface area contributed by atoms with Gasteiger partial charge >= 0.3 is 0 Å². The summed E-state index contributed by atoms with van der Waals surface area (Å²) < 4.78 is 5.24. The average Bonchev–Trinajstić information content (AvgIpc) is 2.33. The van der Waals surface area contributed by atoms with E-state index in [2.05, 4.69) is 4.90 Å². The van der Waals surface area contributed by atoms with Crippen molar-refractivity contribution >= 4 is 29.8 Å². The molecule has 0 unspecified atom stereocenters. The number of ether oxygens (including phenoxy) is 1. The van der Waals surface area contributed by atoms with Crippen LogP contribution in [0.4, 0.5) is 0 Å². The number of nitrogens with zero attached hydrogens (tertiary/aromatic N) is 1. The molecule has 100 valence electrons. The second kappa shape index (κ2) is 7.74. The van der Waals surface area contributed by atoms with Crippen LogP contribution in [0.15, 0.2) is 24.3 Å². The number of halogens is 2. The summed E-state index contributed by atoms with van der Waals surface area (Å²) in [5.74, 6) is 0.208. The largest absolute Gasteiger partial charge is 0.379 e. The van der Waals surface area contributed by atoms with Crippen LogP contribution in [-0.2, 0) is 16.0 Å². The van der Waals surface area contributed by atoms with Gasteiger partial charge < -0.3 is 4.74 Å². The van der Waals surface area contributed by atoms with Crippen LogP contribution in [0.2, 0.25) is 5.02 Å². The number of carbonyl (C=O) groups is 1. The lowest BCUT2D eigenvalue weighted by Gasteiger charge is -2.25. The van der Waals surface area contributed by atoms with Crippen molar-refractivity contribution in [3.8, 4) is 0 Å². The Kier molecular flexibility index (Phi) is 6.65. The first-order valence-corrected chi connectivity index (χ1v) is 6.19. The van der Waals surface area contributed by atoms with Crippen LogP contribution in [0.25, 0.3) is 0 Å². The van der Waals surface area contributed by atoms with Crippen molar-refractivity contribution < 1.29 is 9.53 Å². The molecule has 0 amide bonds. The van der Waals surface area contributed by atoms with Crippen molar-refractivity contribution in [1.82, 2.24) is 4.90 Å². The molecule has 1 fully saturated rings. The Labute approximate surface area is 118 Å². The van der Waals surface area contributed by atoms with E-state index in [9.17, 15) is 4.79 Å². The molecule has 1 aromatic carbocycles. The summed E-state index contributed by atoms with van der Waals surface area (Å²) in [6.07, 6.45) is 0.414. The summed E-state index contributed by atoms with van der Waals surface area (Å²) in [5, 5.41) is 0.669. The van der Waals surface area contributed by atoms with Gasteiger partial charge in [0.05, 0.1) is 19.8 Å². The van der Waals surface area contributed by atoms with E-state index in [0.717, 1.165) is 31.9 Å². The molecule has 1 aliphatic rings. The third kappa shape index (κ3) is 4.58. The van der Waals surface area contributed by atoms with E-state index in [1.807, 2.05) is 24.3 Å². The fraction of sp³-hybridized carbons (Fsp3) is 0.462. The van der Waals surface area contributed by atoms with Crippen LogP contribution in [0.3, 0.4) is 0 Å². The highest BCUT2D eigenvalue weighted by Crippen LogP contribution is 2.15. The van der Waals surface area contributed by atoms with Crippen molar-refractivity contribution in [2.45, 2.75) is 6.42 Å². The monoisotopic (exact) mass is 289 g/mol. The molecule has 1 heterocycles. The van der Waals surface area contributed by atoms with Gasteiger partial charge in [-0.1, -0.05) is 29.8 Å². The highest BCUT2D eigenvalue weighted by molar-refractivity contribution is 6.31. The van der Waals surface area contributed by atoms with Gasteiger partial charge in [-0.3, -0.25) is 9.69 Å². The predicted molar refractivity (Wildman–Crippen MR) is 74.7 cm³/mol. The normalized spacial score (nSPS) is 16.1. The number of Topliss-reactive ketones (excluding diaryl/α,β-unsaturated/α-hetero) is 1. The number of carbonyl (C=O) groups excluding carboxylic acids is 1. The first kappa shape index (κ1) is 15.4. The lowest BCUT2D eigenvalue weighted by molar-refractivity contribution is -0.120. The fourth-order valence-electron chi connectivity index (χ4n) is 1.92. The van der Waals surface area contributed by atoms with Gasteiger partial charge in [0.2, 0.25) is 0 Å². The molecule has 5 heteroatoms. The zero-order chi connectivity index (χ0) is 12.1. The topological polar surface area (TPSA) is 29.5 Å². The van der Waals surface area contributed by atoms with E-state index < -0.39 is 0 Å². The van der Waals surface area contributed by atoms with Crippen LogP contribution >= 0.6 is 24.0 Å². The predicted octanol–water partition coefficient (Wildman–Crippen LogP) is 2.21. The third-order valence-corrected chi connectivity index (χ3v) is 3.22. The summed E-state index contributed by atoms with van der Waals surface area (Å²) in [5.41, 5.74) is 0.910. The third-order valence-electron chi connectivity index (χ3n) is 2.85. The van der Waals surface area contributed by atoms with Gasteiger partial charge in [0.25, 0.3) is 0 Å². The minimum Gasteiger partial charge on any atom is -0.379 e. The fourth-order valence-corrected chi connectivity index (χ4v) is 2.12. The Hall–Kier alpha value is -0.610. The highest BCUT2D eigenvalue weighted by atomic mass is 35.5. The van der Waals surface area contributed by atoms with Crippen molar-refractivity contribution in [3.05, 3.63) is 34.9 Å². The molecule has 18 heavy (non-hydrogen) atoms. The molecule has 0 bridgehead atoms. The van der Waals surface area contributed by atoms with Gasteiger partial charge in [0.1, 0.15) is 0 Å². The standard InChI is InChI=1S/C13H16ClNO2.ClH/c14-13-4-2-1-3-11(13)9-12(16)10-15-5-7-17-8-6-15;/h1-4H,5-10H2;1H. The first-order valence-electron chi connectivity index (χ1n) is 5.81. The first-order chi connectivity index (χ1) is 8.25. The molecule has 0 spiro atoms. The van der Waals surface area contributed by atoms with Crippen LogP contribution in [-0.4, -0.2) is 43.5 Å². The van der Waals surface area contributed by atoms with E-state index in [-0.39, 0.29) is 18.2 Å². The van der Waals surface area contributed by atoms with Crippen molar-refractivity contribution in [2.75, 3.05) is 32.8 Å². The maximum atomic E-state index is 11.9. The van der Waals surface area contributed by atoms with Crippen LogP contribution in [0.1, 0.15) is 5.56 Å². The summed E-state index contributed by atoms with van der Waals surface area (Å²) in [6.45, 7) is 3.62. The minimum atomic E-state index is 0. The number of hydrogen-bond acceptors (Lipinski definition) is 3. The number of hydrogen-bond donors (Lipinski definition) is 0. The lowest BCUT2D eigenvalue weighted by atomic mass is 10.1. The number of ketones is 1. The number of rotatable bonds is 4. The van der Waals surface area contributed by atoms with Crippen molar-refractivity contribution in [2.24, 2.45) is 0 Å². The molecule has 0 aliphatic carbocycles. The van der Waals surface area contributed by atoms with Gasteiger partial charge in [-0.25, -0.2) is 0 Å². The molecule has 1 saturated heterocycles. The van der Waals surface area contributed by atoms with Gasteiger partial charge in [0.15, 0.2) is 5.78 Å². The van der Waals surface area contributed by atoms with Crippen molar-refractivity contribution in [1.29, 1.82) is 0 Å². The molecule has 2 rings (SSSR count). The molecular formula is C13H17Cl2NO2. The Morgan fingerprint density at radius 2 is 1.94 bits per heavy atom. The molecule has 0 radical (unpaired) electrons. The molecule has 1 aromatic rings. The van der Waals surface area contributed by atoms with Crippen molar-refractivity contribution in [3.63, 3.8) is 0 Å². The molecule has 0 N–H and O–H groups in total. The molecule has 0 saturated carbocycles. The Morgan fingerprint density at radius 3 is 2.61 bits per heavy atom. The van der Waals surface area contributed by atoms with E-state index in [4.69, 9.17) is 16.3 Å². The number of benzene rings is 1. The average molecular weight is 290 g/mol. The maximum Gasteiger partial charge on any atom is 0.151 e. The summed E-state index contributed by atoms with van der Waals surface area (Å²) in [7, 11) is 0. The lowest BCUT2D eigenvalue weighted by Crippen LogP contribution is -2.39. The maximum absolute atomic E-state index is 11.9.